The van der Waals surface area contributed by atoms with E-state index in [4.69, 9.17) is 11.7 Å². The van der Waals surface area contributed by atoms with Gasteiger partial charge in [-0.2, -0.15) is 18.4 Å². The summed E-state index contributed by atoms with van der Waals surface area (Å²) in [4.78, 5) is 0. The molecule has 6 heteroatoms. The third-order valence-corrected chi connectivity index (χ3v) is 3.08. The predicted molar refractivity (Wildman–Crippen MR) is 70.8 cm³/mol. The van der Waals surface area contributed by atoms with E-state index in [0.717, 1.165) is 17.9 Å². The van der Waals surface area contributed by atoms with Crippen LogP contribution in [0.1, 0.15) is 11.1 Å². The number of hydrogen-bond acceptors (Lipinski definition) is 3. The summed E-state index contributed by atoms with van der Waals surface area (Å²) >= 11 is 1.53. The first-order chi connectivity index (χ1) is 8.99. The van der Waals surface area contributed by atoms with Crippen molar-refractivity contribution < 1.29 is 13.2 Å². The fourth-order valence-corrected chi connectivity index (χ4v) is 1.86. The number of hydrogen-bond donors (Lipinski definition) is 1. The van der Waals surface area contributed by atoms with Crippen LogP contribution in [0, 0.1) is 23.7 Å². The van der Waals surface area contributed by atoms with Gasteiger partial charge in [-0.3, -0.25) is 0 Å². The Kier molecular flexibility index (Phi) is 5.59. The largest absolute Gasteiger partial charge is 0.416 e. The van der Waals surface area contributed by atoms with Crippen molar-refractivity contribution in [3.63, 3.8) is 0 Å². The Labute approximate surface area is 114 Å². The summed E-state index contributed by atoms with van der Waals surface area (Å²) in [5.74, 6) is 3.77. The zero-order valence-corrected chi connectivity index (χ0v) is 10.7. The van der Waals surface area contributed by atoms with Crippen molar-refractivity contribution in [2.45, 2.75) is 6.18 Å². The van der Waals surface area contributed by atoms with E-state index in [9.17, 15) is 13.2 Å². The topological polar surface area (TPSA) is 35.8 Å². The van der Waals surface area contributed by atoms with Gasteiger partial charge in [0.1, 0.15) is 6.07 Å². The summed E-state index contributed by atoms with van der Waals surface area (Å²) in [6.45, 7) is 0.534. The standard InChI is InChI=1S/C13H11F3N2S/c1-2-6-19-7-5-18-12-4-3-11(13(14,15)16)8-10(12)9-17/h1,3-4,8,18H,5-7H2. The molecule has 0 radical (unpaired) electrons. The third-order valence-electron chi connectivity index (χ3n) is 2.21. The number of nitrogens with one attached hydrogen (secondary N) is 1. The van der Waals surface area contributed by atoms with E-state index in [1.807, 2.05) is 0 Å². The molecule has 0 unspecified atom stereocenters. The van der Waals surface area contributed by atoms with Crippen LogP contribution in [0.25, 0.3) is 0 Å². The number of anilines is 1. The number of terminal acetylenes is 1. The number of nitriles is 1. The second kappa shape index (κ2) is 6.96. The molecule has 19 heavy (non-hydrogen) atoms. The SMILES string of the molecule is C#CCSCCNc1ccc(C(F)(F)F)cc1C#N. The van der Waals surface area contributed by atoms with Crippen molar-refractivity contribution in [1.29, 1.82) is 5.26 Å². The molecule has 0 atom stereocenters. The molecule has 100 valence electrons. The highest BCUT2D eigenvalue weighted by Crippen LogP contribution is 2.31. The number of halogens is 3. The van der Waals surface area contributed by atoms with Crippen LogP contribution < -0.4 is 5.32 Å². The van der Waals surface area contributed by atoms with Gasteiger partial charge in [0.15, 0.2) is 0 Å². The fourth-order valence-electron chi connectivity index (χ4n) is 1.36. The minimum atomic E-state index is -4.44. The summed E-state index contributed by atoms with van der Waals surface area (Å²) in [5.41, 5.74) is -0.440. The van der Waals surface area contributed by atoms with Gasteiger partial charge >= 0.3 is 6.18 Å². The summed E-state index contributed by atoms with van der Waals surface area (Å²) in [5, 5.41) is 11.8. The van der Waals surface area contributed by atoms with Crippen molar-refractivity contribution in [3.8, 4) is 18.4 Å². The number of rotatable bonds is 5. The van der Waals surface area contributed by atoms with E-state index < -0.39 is 11.7 Å². The van der Waals surface area contributed by atoms with Gasteiger partial charge < -0.3 is 5.32 Å². The smallest absolute Gasteiger partial charge is 0.383 e. The average Bonchev–Trinajstić information content (AvgIpc) is 2.37. The van der Waals surface area contributed by atoms with E-state index in [2.05, 4.69) is 11.2 Å². The second-order valence-electron chi connectivity index (χ2n) is 3.55. The van der Waals surface area contributed by atoms with Crippen molar-refractivity contribution in [3.05, 3.63) is 29.3 Å². The molecule has 0 saturated heterocycles. The maximum Gasteiger partial charge on any atom is 0.416 e. The Morgan fingerprint density at radius 2 is 2.11 bits per heavy atom. The van der Waals surface area contributed by atoms with E-state index in [1.54, 1.807) is 6.07 Å². The Morgan fingerprint density at radius 3 is 2.68 bits per heavy atom. The third kappa shape index (κ3) is 4.76. The van der Waals surface area contributed by atoms with Crippen LogP contribution in [0.4, 0.5) is 18.9 Å². The molecule has 0 aliphatic rings. The minimum absolute atomic E-state index is 0.0169. The van der Waals surface area contributed by atoms with Crippen LogP contribution in [0.15, 0.2) is 18.2 Å². The predicted octanol–water partition coefficient (Wildman–Crippen LogP) is 3.36. The maximum atomic E-state index is 12.5. The van der Waals surface area contributed by atoms with Crippen molar-refractivity contribution in [2.24, 2.45) is 0 Å². The normalized spacial score (nSPS) is 10.6. The van der Waals surface area contributed by atoms with Crippen LogP contribution in [0.3, 0.4) is 0 Å². The lowest BCUT2D eigenvalue weighted by Crippen LogP contribution is -2.09. The molecular weight excluding hydrogens is 273 g/mol. The number of thioether (sulfide) groups is 1. The molecule has 1 N–H and O–H groups in total. The van der Waals surface area contributed by atoms with Gasteiger partial charge in [0.2, 0.25) is 0 Å². The maximum absolute atomic E-state index is 12.5. The zero-order valence-electron chi connectivity index (χ0n) is 9.92. The second-order valence-corrected chi connectivity index (χ2v) is 4.66. The Morgan fingerprint density at radius 1 is 1.37 bits per heavy atom. The summed E-state index contributed by atoms with van der Waals surface area (Å²) in [6.07, 6.45) is 0.646. The van der Waals surface area contributed by atoms with Crippen LogP contribution in [0.5, 0.6) is 0 Å². The number of alkyl halides is 3. The molecule has 0 amide bonds. The summed E-state index contributed by atoms with van der Waals surface area (Å²) < 4.78 is 37.4. The first-order valence-electron chi connectivity index (χ1n) is 5.35. The molecule has 0 aliphatic carbocycles. The Balaban J connectivity index is 2.70. The van der Waals surface area contributed by atoms with Crippen molar-refractivity contribution in [2.75, 3.05) is 23.4 Å². The molecule has 0 bridgehead atoms. The first-order valence-corrected chi connectivity index (χ1v) is 6.51. The van der Waals surface area contributed by atoms with Gasteiger partial charge in [0.25, 0.3) is 0 Å². The van der Waals surface area contributed by atoms with Crippen LogP contribution >= 0.6 is 11.8 Å². The van der Waals surface area contributed by atoms with E-state index >= 15 is 0 Å². The highest BCUT2D eigenvalue weighted by molar-refractivity contribution is 7.99. The van der Waals surface area contributed by atoms with E-state index in [1.165, 1.54) is 17.8 Å². The first kappa shape index (κ1) is 15.3. The Hall–Kier alpha value is -1.79. The molecule has 1 aromatic rings. The lowest BCUT2D eigenvalue weighted by Gasteiger charge is -2.11. The van der Waals surface area contributed by atoms with Crippen molar-refractivity contribution >= 4 is 17.4 Å². The molecule has 0 heterocycles. The quantitative estimate of drug-likeness (QED) is 0.665. The van der Waals surface area contributed by atoms with E-state index in [0.29, 0.717) is 18.0 Å². The average molecular weight is 284 g/mol. The monoisotopic (exact) mass is 284 g/mol. The number of nitrogens with zero attached hydrogens (tertiary/aromatic N) is 1. The summed E-state index contributed by atoms with van der Waals surface area (Å²) in [6, 6.07) is 4.83. The van der Waals surface area contributed by atoms with Crippen LogP contribution in [0.2, 0.25) is 0 Å². The molecule has 0 spiro atoms. The van der Waals surface area contributed by atoms with Gasteiger partial charge in [-0.05, 0) is 18.2 Å². The van der Waals surface area contributed by atoms with E-state index in [-0.39, 0.29) is 5.56 Å². The van der Waals surface area contributed by atoms with Gasteiger partial charge in [-0.25, -0.2) is 0 Å². The molecule has 0 aliphatic heterocycles. The Bertz CT molecular complexity index is 512. The lowest BCUT2D eigenvalue weighted by molar-refractivity contribution is -0.137. The van der Waals surface area contributed by atoms with Crippen molar-refractivity contribution in [1.82, 2.24) is 0 Å². The van der Waals surface area contributed by atoms with Gasteiger partial charge in [0.05, 0.1) is 22.6 Å². The van der Waals surface area contributed by atoms with Gasteiger partial charge in [-0.1, -0.05) is 5.92 Å². The molecule has 1 aromatic carbocycles. The van der Waals surface area contributed by atoms with Gasteiger partial charge in [0, 0.05) is 12.3 Å². The minimum Gasteiger partial charge on any atom is -0.383 e. The van der Waals surface area contributed by atoms with Crippen LogP contribution in [-0.4, -0.2) is 18.1 Å². The zero-order chi connectivity index (χ0) is 14.3. The molecular formula is C13H11F3N2S. The molecule has 0 aromatic heterocycles. The molecule has 1 rings (SSSR count). The molecule has 0 fully saturated rings. The number of benzene rings is 1. The lowest BCUT2D eigenvalue weighted by atomic mass is 10.1. The molecule has 2 nitrogen and oxygen atoms in total. The highest BCUT2D eigenvalue weighted by atomic mass is 32.2. The fraction of sp³-hybridized carbons (Fsp3) is 0.308. The van der Waals surface area contributed by atoms with Crippen LogP contribution in [-0.2, 0) is 6.18 Å². The molecule has 0 saturated carbocycles. The van der Waals surface area contributed by atoms with Gasteiger partial charge in [-0.15, -0.1) is 18.2 Å². The highest BCUT2D eigenvalue weighted by Gasteiger charge is 2.30. The summed E-state index contributed by atoms with van der Waals surface area (Å²) in [7, 11) is 0.